The number of hydrogen-bond acceptors (Lipinski definition) is 3. The maximum absolute atomic E-state index is 13.4. The van der Waals surface area contributed by atoms with Crippen LogP contribution in [0.1, 0.15) is 51.5 Å². The van der Waals surface area contributed by atoms with Crippen LogP contribution in [0.15, 0.2) is 54.6 Å². The van der Waals surface area contributed by atoms with Crippen molar-refractivity contribution in [2.45, 2.75) is 57.4 Å². The standard InChI is InChI=1S/C27H31NO4/c1-26(2,20-8-10-22(11-9-20)32-21-6-4-3-5-7-21)24(29)28-23-18-12-17-13-19(23)16-27(14-17,15-18)25(30)31/h3-11,17-19,23H,12-16H2,1-2H3,(H,28,29)(H,30,31)/t17?,18-,19+,23?,27?. The fourth-order valence-corrected chi connectivity index (χ4v) is 6.55. The smallest absolute Gasteiger partial charge is 0.309 e. The predicted molar refractivity (Wildman–Crippen MR) is 122 cm³/mol. The number of carbonyl (C=O) groups is 2. The average Bonchev–Trinajstić information content (AvgIpc) is 2.76. The zero-order chi connectivity index (χ0) is 22.5. The summed E-state index contributed by atoms with van der Waals surface area (Å²) in [4.78, 5) is 25.4. The normalized spacial score (nSPS) is 30.7. The third kappa shape index (κ3) is 3.58. The van der Waals surface area contributed by atoms with Crippen LogP contribution in [0.25, 0.3) is 0 Å². The van der Waals surface area contributed by atoms with Gasteiger partial charge in [0.2, 0.25) is 5.91 Å². The van der Waals surface area contributed by atoms with E-state index in [0.717, 1.165) is 36.3 Å². The van der Waals surface area contributed by atoms with Crippen LogP contribution in [-0.2, 0) is 15.0 Å². The fraction of sp³-hybridized carbons (Fsp3) is 0.481. The van der Waals surface area contributed by atoms with Crippen molar-refractivity contribution in [2.24, 2.45) is 23.2 Å². The first-order chi connectivity index (χ1) is 15.3. The number of benzene rings is 2. The molecule has 3 unspecified atom stereocenters. The SMILES string of the molecule is CC(C)(C(=O)NC1[C@@H]2CC3C[C@H]1CC(C(=O)O)(C3)C2)c1ccc(Oc2ccccc2)cc1. The molecule has 4 saturated carbocycles. The van der Waals surface area contributed by atoms with E-state index in [4.69, 9.17) is 4.74 Å². The molecule has 2 N–H and O–H groups in total. The highest BCUT2D eigenvalue weighted by molar-refractivity contribution is 5.87. The molecular weight excluding hydrogens is 402 g/mol. The second-order valence-electron chi connectivity index (χ2n) is 10.6. The monoisotopic (exact) mass is 433 g/mol. The quantitative estimate of drug-likeness (QED) is 0.660. The fourth-order valence-electron chi connectivity index (χ4n) is 6.55. The molecular formula is C27H31NO4. The lowest BCUT2D eigenvalue weighted by Gasteiger charge is -2.58. The third-order valence-electron chi connectivity index (χ3n) is 8.15. The molecule has 0 aromatic heterocycles. The van der Waals surface area contributed by atoms with Gasteiger partial charge in [0.1, 0.15) is 11.5 Å². The van der Waals surface area contributed by atoms with Gasteiger partial charge in [-0.2, -0.15) is 0 Å². The molecule has 5 nitrogen and oxygen atoms in total. The van der Waals surface area contributed by atoms with E-state index in [-0.39, 0.29) is 23.8 Å². The summed E-state index contributed by atoms with van der Waals surface area (Å²) >= 11 is 0. The molecule has 4 bridgehead atoms. The number of hydrogen-bond donors (Lipinski definition) is 2. The number of aliphatic carboxylic acids is 1. The summed E-state index contributed by atoms with van der Waals surface area (Å²) in [6.07, 6.45) is 4.31. The topological polar surface area (TPSA) is 75.6 Å². The zero-order valence-electron chi connectivity index (χ0n) is 18.7. The number of amides is 1. The lowest BCUT2D eigenvalue weighted by molar-refractivity contribution is -0.168. The Morgan fingerprint density at radius 2 is 1.53 bits per heavy atom. The highest BCUT2D eigenvalue weighted by atomic mass is 16.5. The molecule has 4 aliphatic rings. The first-order valence-electron chi connectivity index (χ1n) is 11.6. The van der Waals surface area contributed by atoms with Gasteiger partial charge in [0, 0.05) is 6.04 Å². The van der Waals surface area contributed by atoms with Gasteiger partial charge in [0.05, 0.1) is 10.8 Å². The Labute approximate surface area is 189 Å². The van der Waals surface area contributed by atoms with Crippen molar-refractivity contribution in [3.8, 4) is 11.5 Å². The van der Waals surface area contributed by atoms with Gasteiger partial charge < -0.3 is 15.2 Å². The van der Waals surface area contributed by atoms with Crippen LogP contribution < -0.4 is 10.1 Å². The molecule has 5 atom stereocenters. The van der Waals surface area contributed by atoms with E-state index in [1.54, 1.807) is 0 Å². The van der Waals surface area contributed by atoms with Crippen LogP contribution in [0.5, 0.6) is 11.5 Å². The summed E-state index contributed by atoms with van der Waals surface area (Å²) in [7, 11) is 0. The first kappa shape index (κ1) is 21.0. The second-order valence-corrected chi connectivity index (χ2v) is 10.6. The summed E-state index contributed by atoms with van der Waals surface area (Å²) in [5.41, 5.74) is -0.312. The third-order valence-corrected chi connectivity index (χ3v) is 8.15. The van der Waals surface area contributed by atoms with Crippen molar-refractivity contribution in [2.75, 3.05) is 0 Å². The molecule has 0 spiro atoms. The van der Waals surface area contributed by atoms with Crippen molar-refractivity contribution in [1.82, 2.24) is 5.32 Å². The molecule has 6 rings (SSSR count). The predicted octanol–water partition coefficient (Wildman–Crippen LogP) is 5.15. The minimum atomic E-state index is -0.690. The second kappa shape index (κ2) is 7.65. The molecule has 2 aromatic carbocycles. The minimum absolute atomic E-state index is 0.0103. The van der Waals surface area contributed by atoms with Gasteiger partial charge in [-0.1, -0.05) is 30.3 Å². The van der Waals surface area contributed by atoms with E-state index >= 15 is 0 Å². The number of carboxylic acid groups (broad SMARTS) is 1. The highest BCUT2D eigenvalue weighted by Gasteiger charge is 2.59. The molecule has 4 fully saturated rings. The number of carboxylic acids is 1. The lowest BCUT2D eigenvalue weighted by Crippen LogP contribution is -2.62. The molecule has 5 heteroatoms. The summed E-state index contributed by atoms with van der Waals surface area (Å²) in [6, 6.07) is 17.4. The largest absolute Gasteiger partial charge is 0.481 e. The zero-order valence-corrected chi connectivity index (χ0v) is 18.7. The summed E-state index contributed by atoms with van der Waals surface area (Å²) in [5, 5.41) is 13.2. The van der Waals surface area contributed by atoms with Crippen LogP contribution >= 0.6 is 0 Å². The van der Waals surface area contributed by atoms with Gasteiger partial charge in [-0.05, 0) is 93.5 Å². The van der Waals surface area contributed by atoms with Gasteiger partial charge in [-0.15, -0.1) is 0 Å². The van der Waals surface area contributed by atoms with Gasteiger partial charge >= 0.3 is 5.97 Å². The van der Waals surface area contributed by atoms with Crippen molar-refractivity contribution in [3.63, 3.8) is 0 Å². The summed E-state index contributed by atoms with van der Waals surface area (Å²) < 4.78 is 5.87. The van der Waals surface area contributed by atoms with Crippen molar-refractivity contribution in [3.05, 3.63) is 60.2 Å². The first-order valence-corrected chi connectivity index (χ1v) is 11.6. The van der Waals surface area contributed by atoms with E-state index in [0.29, 0.717) is 18.8 Å². The number of para-hydroxylation sites is 1. The molecule has 1 amide bonds. The molecule has 0 aliphatic heterocycles. The summed E-state index contributed by atoms with van der Waals surface area (Å²) in [5.74, 6) is 1.93. The van der Waals surface area contributed by atoms with Gasteiger partial charge in [0.25, 0.3) is 0 Å². The van der Waals surface area contributed by atoms with Gasteiger partial charge in [-0.25, -0.2) is 0 Å². The van der Waals surface area contributed by atoms with Crippen molar-refractivity contribution < 1.29 is 19.4 Å². The lowest BCUT2D eigenvalue weighted by atomic mass is 9.48. The van der Waals surface area contributed by atoms with Crippen molar-refractivity contribution >= 4 is 11.9 Å². The van der Waals surface area contributed by atoms with E-state index in [1.165, 1.54) is 0 Å². The minimum Gasteiger partial charge on any atom is -0.481 e. The summed E-state index contributed by atoms with van der Waals surface area (Å²) in [6.45, 7) is 3.90. The number of carbonyl (C=O) groups excluding carboxylic acids is 1. The molecule has 168 valence electrons. The molecule has 0 saturated heterocycles. The van der Waals surface area contributed by atoms with Crippen LogP contribution in [0, 0.1) is 23.2 Å². The average molecular weight is 434 g/mol. The number of rotatable bonds is 6. The van der Waals surface area contributed by atoms with Crippen LogP contribution in [0.2, 0.25) is 0 Å². The van der Waals surface area contributed by atoms with E-state index in [2.05, 4.69) is 5.32 Å². The Morgan fingerprint density at radius 1 is 0.938 bits per heavy atom. The number of nitrogens with one attached hydrogen (secondary N) is 1. The molecule has 0 heterocycles. The Hall–Kier alpha value is -2.82. The van der Waals surface area contributed by atoms with Crippen LogP contribution in [0.3, 0.4) is 0 Å². The van der Waals surface area contributed by atoms with E-state index < -0.39 is 16.8 Å². The van der Waals surface area contributed by atoms with Gasteiger partial charge in [0.15, 0.2) is 0 Å². The maximum Gasteiger partial charge on any atom is 0.309 e. The molecule has 2 aromatic rings. The highest BCUT2D eigenvalue weighted by Crippen LogP contribution is 2.60. The Bertz CT molecular complexity index is 998. The molecule has 0 radical (unpaired) electrons. The Balaban J connectivity index is 1.28. The van der Waals surface area contributed by atoms with Gasteiger partial charge in [-0.3, -0.25) is 9.59 Å². The van der Waals surface area contributed by atoms with E-state index in [1.807, 2.05) is 68.4 Å². The Morgan fingerprint density at radius 3 is 2.12 bits per heavy atom. The van der Waals surface area contributed by atoms with Crippen LogP contribution in [-0.4, -0.2) is 23.0 Å². The van der Waals surface area contributed by atoms with Crippen molar-refractivity contribution in [1.29, 1.82) is 0 Å². The molecule has 4 aliphatic carbocycles. The number of ether oxygens (including phenoxy) is 1. The van der Waals surface area contributed by atoms with E-state index in [9.17, 15) is 14.7 Å². The Kier molecular flexibility index (Phi) is 5.03. The molecule has 32 heavy (non-hydrogen) atoms. The van der Waals surface area contributed by atoms with Crippen LogP contribution in [0.4, 0.5) is 0 Å². The maximum atomic E-state index is 13.4.